The van der Waals surface area contributed by atoms with Crippen molar-refractivity contribution < 1.29 is 0 Å². The van der Waals surface area contributed by atoms with Gasteiger partial charge in [0.2, 0.25) is 0 Å². The highest BCUT2D eigenvalue weighted by atomic mass is 35.5. The molecule has 0 radical (unpaired) electrons. The number of anilines is 1. The predicted octanol–water partition coefficient (Wildman–Crippen LogP) is 2.40. The van der Waals surface area contributed by atoms with Crippen molar-refractivity contribution in [2.75, 3.05) is 5.73 Å². The fourth-order valence-electron chi connectivity index (χ4n) is 1.12. The van der Waals surface area contributed by atoms with Crippen LogP contribution in [0.25, 0.3) is 0 Å². The van der Waals surface area contributed by atoms with E-state index >= 15 is 0 Å². The Morgan fingerprint density at radius 1 is 1.19 bits per heavy atom. The van der Waals surface area contributed by atoms with Crippen LogP contribution in [0.15, 0.2) is 35.7 Å². The van der Waals surface area contributed by atoms with Gasteiger partial charge in [0.1, 0.15) is 5.03 Å². The number of pyridine rings is 1. The van der Waals surface area contributed by atoms with E-state index in [1.807, 2.05) is 6.07 Å². The minimum Gasteiger partial charge on any atom is -0.381 e. The molecule has 6 heteroatoms. The lowest BCUT2D eigenvalue weighted by molar-refractivity contribution is 1.06. The Kier molecular flexibility index (Phi) is 3.58. The summed E-state index contributed by atoms with van der Waals surface area (Å²) in [6.07, 6.45) is 4.86. The Bertz CT molecular complexity index is 492. The minimum absolute atomic E-state index is 0.439. The molecule has 0 aromatic carbocycles. The third-order valence-electron chi connectivity index (χ3n) is 1.83. The van der Waals surface area contributed by atoms with Crippen molar-refractivity contribution in [3.63, 3.8) is 0 Å². The predicted molar refractivity (Wildman–Crippen MR) is 65.3 cm³/mol. The first-order chi connectivity index (χ1) is 7.75. The number of nitrogens with two attached hydrogens (primary N) is 1. The number of nitrogens with zero attached hydrogens (tertiary/aromatic N) is 3. The second-order valence-electron chi connectivity index (χ2n) is 3.00. The summed E-state index contributed by atoms with van der Waals surface area (Å²) >= 11 is 7.35. The van der Waals surface area contributed by atoms with Gasteiger partial charge in [0, 0.05) is 29.4 Å². The van der Waals surface area contributed by atoms with Gasteiger partial charge in [0.25, 0.3) is 0 Å². The van der Waals surface area contributed by atoms with E-state index < -0.39 is 0 Å². The number of thioether (sulfide) groups is 1. The van der Waals surface area contributed by atoms with Crippen LogP contribution in [0.4, 0.5) is 5.82 Å². The maximum absolute atomic E-state index is 5.86. The van der Waals surface area contributed by atoms with Crippen molar-refractivity contribution in [3.8, 4) is 0 Å². The third kappa shape index (κ3) is 2.84. The average molecular weight is 253 g/mol. The van der Waals surface area contributed by atoms with Crippen molar-refractivity contribution in [1.29, 1.82) is 0 Å². The van der Waals surface area contributed by atoms with Gasteiger partial charge in [-0.1, -0.05) is 23.4 Å². The molecule has 2 aromatic rings. The molecule has 0 atom stereocenters. The molecule has 0 fully saturated rings. The molecule has 2 aromatic heterocycles. The zero-order valence-corrected chi connectivity index (χ0v) is 9.87. The van der Waals surface area contributed by atoms with Gasteiger partial charge in [-0.3, -0.25) is 4.98 Å². The fraction of sp³-hybridized carbons (Fsp3) is 0.100. The summed E-state index contributed by atoms with van der Waals surface area (Å²) in [6, 6.07) is 3.56. The summed E-state index contributed by atoms with van der Waals surface area (Å²) < 4.78 is 0. The fourth-order valence-corrected chi connectivity index (χ4v) is 2.08. The van der Waals surface area contributed by atoms with Crippen LogP contribution in [-0.4, -0.2) is 15.0 Å². The third-order valence-corrected chi connectivity index (χ3v) is 3.09. The van der Waals surface area contributed by atoms with Gasteiger partial charge in [0.15, 0.2) is 5.82 Å². The zero-order valence-electron chi connectivity index (χ0n) is 8.30. The Hall–Kier alpha value is -1.33. The van der Waals surface area contributed by atoms with Crippen LogP contribution in [-0.2, 0) is 5.75 Å². The Morgan fingerprint density at radius 3 is 2.75 bits per heavy atom. The summed E-state index contributed by atoms with van der Waals surface area (Å²) in [7, 11) is 0. The van der Waals surface area contributed by atoms with E-state index in [2.05, 4.69) is 15.0 Å². The maximum atomic E-state index is 5.86. The van der Waals surface area contributed by atoms with Crippen LogP contribution in [0, 0.1) is 0 Å². The van der Waals surface area contributed by atoms with Crippen LogP contribution in [0.1, 0.15) is 5.69 Å². The van der Waals surface area contributed by atoms with Gasteiger partial charge >= 0.3 is 0 Å². The SMILES string of the molecule is Nc1nccnc1SCc1cc(Cl)ccn1. The standard InChI is InChI=1S/C10H9ClN4S/c11-7-1-2-13-8(5-7)6-16-10-9(12)14-3-4-15-10/h1-5H,6H2,(H2,12,14). The molecule has 0 saturated carbocycles. The van der Waals surface area contributed by atoms with Crippen molar-refractivity contribution in [2.24, 2.45) is 0 Å². The van der Waals surface area contributed by atoms with Gasteiger partial charge in [-0.25, -0.2) is 9.97 Å². The number of nitrogen functional groups attached to an aromatic ring is 1. The van der Waals surface area contributed by atoms with Gasteiger partial charge < -0.3 is 5.73 Å². The van der Waals surface area contributed by atoms with E-state index in [9.17, 15) is 0 Å². The summed E-state index contributed by atoms with van der Waals surface area (Å²) in [5.74, 6) is 1.11. The highest BCUT2D eigenvalue weighted by Gasteiger charge is 2.03. The molecule has 0 saturated heterocycles. The Morgan fingerprint density at radius 2 is 2.00 bits per heavy atom. The van der Waals surface area contributed by atoms with Crippen LogP contribution in [0.3, 0.4) is 0 Å². The smallest absolute Gasteiger partial charge is 0.156 e. The average Bonchev–Trinajstić information content (AvgIpc) is 2.28. The molecule has 0 aliphatic heterocycles. The number of rotatable bonds is 3. The largest absolute Gasteiger partial charge is 0.381 e. The number of hydrogen-bond acceptors (Lipinski definition) is 5. The summed E-state index contributed by atoms with van der Waals surface area (Å²) in [5, 5.41) is 1.39. The molecular weight excluding hydrogens is 244 g/mol. The van der Waals surface area contributed by atoms with Gasteiger partial charge in [-0.2, -0.15) is 0 Å². The normalized spacial score (nSPS) is 10.3. The van der Waals surface area contributed by atoms with Crippen LogP contribution in [0.2, 0.25) is 5.02 Å². The molecule has 0 amide bonds. The van der Waals surface area contributed by atoms with Crippen LogP contribution >= 0.6 is 23.4 Å². The second kappa shape index (κ2) is 5.14. The molecule has 0 aliphatic carbocycles. The Labute approximate surface area is 102 Å². The van der Waals surface area contributed by atoms with Gasteiger partial charge in [-0.15, -0.1) is 0 Å². The first kappa shape index (κ1) is 11.2. The lowest BCUT2D eigenvalue weighted by Crippen LogP contribution is -1.95. The summed E-state index contributed by atoms with van der Waals surface area (Å²) in [4.78, 5) is 12.3. The van der Waals surface area contributed by atoms with Crippen molar-refractivity contribution in [1.82, 2.24) is 15.0 Å². The first-order valence-corrected chi connectivity index (χ1v) is 5.92. The number of aromatic nitrogens is 3. The molecule has 0 bridgehead atoms. The monoisotopic (exact) mass is 252 g/mol. The van der Waals surface area contributed by atoms with E-state index in [1.54, 1.807) is 24.7 Å². The molecule has 2 N–H and O–H groups in total. The molecule has 2 heterocycles. The number of halogens is 1. The molecule has 0 spiro atoms. The van der Waals surface area contributed by atoms with E-state index in [4.69, 9.17) is 17.3 Å². The Balaban J connectivity index is 2.05. The van der Waals surface area contributed by atoms with E-state index in [0.29, 0.717) is 21.6 Å². The molecule has 82 valence electrons. The van der Waals surface area contributed by atoms with Crippen molar-refractivity contribution >= 4 is 29.2 Å². The maximum Gasteiger partial charge on any atom is 0.156 e. The van der Waals surface area contributed by atoms with Crippen molar-refractivity contribution in [2.45, 2.75) is 10.8 Å². The molecule has 4 nitrogen and oxygen atoms in total. The minimum atomic E-state index is 0.439. The van der Waals surface area contributed by atoms with Crippen molar-refractivity contribution in [3.05, 3.63) is 41.4 Å². The number of hydrogen-bond donors (Lipinski definition) is 1. The topological polar surface area (TPSA) is 64.7 Å². The van der Waals surface area contributed by atoms with Crippen LogP contribution < -0.4 is 5.73 Å². The van der Waals surface area contributed by atoms with E-state index in [1.165, 1.54) is 11.8 Å². The lowest BCUT2D eigenvalue weighted by Gasteiger charge is -2.02. The molecular formula is C10H9ClN4S. The second-order valence-corrected chi connectivity index (χ2v) is 4.40. The van der Waals surface area contributed by atoms with E-state index in [-0.39, 0.29) is 0 Å². The van der Waals surface area contributed by atoms with Gasteiger partial charge in [0.05, 0.1) is 5.69 Å². The molecule has 16 heavy (non-hydrogen) atoms. The molecule has 2 rings (SSSR count). The lowest BCUT2D eigenvalue weighted by atomic mass is 10.4. The van der Waals surface area contributed by atoms with Gasteiger partial charge in [-0.05, 0) is 12.1 Å². The highest BCUT2D eigenvalue weighted by Crippen LogP contribution is 2.24. The van der Waals surface area contributed by atoms with E-state index in [0.717, 1.165) is 5.69 Å². The first-order valence-electron chi connectivity index (χ1n) is 4.55. The van der Waals surface area contributed by atoms with Crippen LogP contribution in [0.5, 0.6) is 0 Å². The summed E-state index contributed by atoms with van der Waals surface area (Å²) in [5.41, 5.74) is 6.56. The quantitative estimate of drug-likeness (QED) is 0.850. The summed E-state index contributed by atoms with van der Waals surface area (Å²) in [6.45, 7) is 0. The highest BCUT2D eigenvalue weighted by molar-refractivity contribution is 7.98. The molecule has 0 aliphatic rings. The zero-order chi connectivity index (χ0) is 11.4. The molecule has 0 unspecified atom stereocenters.